The average molecular weight is 382 g/mol. The molecule has 2 aromatic rings. The van der Waals surface area contributed by atoms with Gasteiger partial charge in [0.2, 0.25) is 0 Å². The predicted molar refractivity (Wildman–Crippen MR) is 112 cm³/mol. The van der Waals surface area contributed by atoms with Crippen LogP contribution in [0.5, 0.6) is 0 Å². The fourth-order valence-corrected chi connectivity index (χ4v) is 4.96. The van der Waals surface area contributed by atoms with Gasteiger partial charge in [0.1, 0.15) is 0 Å². The largest absolute Gasteiger partial charge is 0.302 e. The fraction of sp³-hybridized carbons (Fsp3) is 0.458. The molecule has 2 fully saturated rings. The second kappa shape index (κ2) is 8.16. The molecule has 4 rings (SSSR count). The molecule has 1 heterocycles. The number of hydrogen-bond acceptors (Lipinski definition) is 2. The first-order valence-electron chi connectivity index (χ1n) is 10.2. The van der Waals surface area contributed by atoms with Crippen molar-refractivity contribution in [1.29, 1.82) is 0 Å². The molecule has 1 saturated carbocycles. The number of ketones is 1. The van der Waals surface area contributed by atoms with E-state index < -0.39 is 0 Å². The molecule has 1 aliphatic heterocycles. The van der Waals surface area contributed by atoms with Gasteiger partial charge in [0.15, 0.2) is 5.78 Å². The van der Waals surface area contributed by atoms with Crippen LogP contribution in [0.2, 0.25) is 5.02 Å². The van der Waals surface area contributed by atoms with Crippen LogP contribution < -0.4 is 0 Å². The van der Waals surface area contributed by atoms with E-state index in [0.717, 1.165) is 30.2 Å². The molecule has 2 aromatic carbocycles. The highest BCUT2D eigenvalue weighted by Gasteiger charge is 2.40. The van der Waals surface area contributed by atoms with Crippen LogP contribution in [0, 0.1) is 5.92 Å². The third kappa shape index (κ3) is 4.28. The second-order valence-corrected chi connectivity index (χ2v) is 8.81. The van der Waals surface area contributed by atoms with E-state index in [1.807, 2.05) is 42.5 Å². The molecule has 2 aliphatic rings. The molecule has 27 heavy (non-hydrogen) atoms. The Morgan fingerprint density at radius 3 is 2.44 bits per heavy atom. The zero-order chi connectivity index (χ0) is 18.7. The van der Waals surface area contributed by atoms with Gasteiger partial charge in [0.25, 0.3) is 0 Å². The van der Waals surface area contributed by atoms with Crippen molar-refractivity contribution in [3.8, 4) is 0 Å². The molecule has 0 unspecified atom stereocenters. The van der Waals surface area contributed by atoms with Gasteiger partial charge in [-0.3, -0.25) is 4.79 Å². The molecular weight excluding hydrogens is 354 g/mol. The zero-order valence-corrected chi connectivity index (χ0v) is 16.6. The molecule has 2 nitrogen and oxygen atoms in total. The first-order valence-corrected chi connectivity index (χ1v) is 10.6. The van der Waals surface area contributed by atoms with Gasteiger partial charge in [-0.05, 0) is 55.8 Å². The maximum Gasteiger partial charge on any atom is 0.163 e. The van der Waals surface area contributed by atoms with E-state index in [2.05, 4.69) is 17.0 Å². The number of carbonyl (C=O) groups is 1. The average Bonchev–Trinajstić information content (AvgIpc) is 2.66. The summed E-state index contributed by atoms with van der Waals surface area (Å²) in [4.78, 5) is 15.2. The molecule has 0 amide bonds. The summed E-state index contributed by atoms with van der Waals surface area (Å²) < 4.78 is 0. The van der Waals surface area contributed by atoms with Crippen molar-refractivity contribution in [2.24, 2.45) is 5.92 Å². The molecule has 0 aromatic heterocycles. The van der Waals surface area contributed by atoms with Crippen molar-refractivity contribution in [1.82, 2.24) is 4.90 Å². The summed E-state index contributed by atoms with van der Waals surface area (Å²) >= 11 is 6.09. The summed E-state index contributed by atoms with van der Waals surface area (Å²) in [5.74, 6) is 0.771. The van der Waals surface area contributed by atoms with E-state index in [1.54, 1.807) is 0 Å². The smallest absolute Gasteiger partial charge is 0.163 e. The first kappa shape index (κ1) is 18.7. The number of likely N-dealkylation sites (tertiary alicyclic amines) is 1. The van der Waals surface area contributed by atoms with Crippen LogP contribution in [0.1, 0.15) is 54.4 Å². The third-order valence-electron chi connectivity index (χ3n) is 6.47. The number of rotatable bonds is 6. The van der Waals surface area contributed by atoms with Gasteiger partial charge in [-0.2, -0.15) is 0 Å². The summed E-state index contributed by atoms with van der Waals surface area (Å²) in [6, 6.07) is 18.2. The number of Topliss-reactive ketones (excluding diaryl/α,β-unsaturated/α-hetero) is 1. The molecule has 1 saturated heterocycles. The minimum absolute atomic E-state index is 0.288. The standard InChI is InChI=1S/C24H28ClNO/c25-22-11-9-21(10-12-22)24(13-5-14-24)18-26-15-4-6-19(17-26)16-23(27)20-7-2-1-3-8-20/h1-3,7-12,19H,4-6,13-18H2/t19-/m0/s1. The van der Waals surface area contributed by atoms with Crippen LogP contribution >= 0.6 is 11.6 Å². The summed E-state index contributed by atoms with van der Waals surface area (Å²) in [5.41, 5.74) is 2.57. The lowest BCUT2D eigenvalue weighted by Crippen LogP contribution is -2.48. The lowest BCUT2D eigenvalue weighted by Gasteiger charge is -2.47. The number of piperidine rings is 1. The van der Waals surface area contributed by atoms with Crippen molar-refractivity contribution in [3.63, 3.8) is 0 Å². The molecule has 0 spiro atoms. The Hall–Kier alpha value is -1.64. The lowest BCUT2D eigenvalue weighted by atomic mass is 9.64. The molecule has 3 heteroatoms. The van der Waals surface area contributed by atoms with E-state index in [1.165, 1.54) is 37.7 Å². The van der Waals surface area contributed by atoms with Crippen molar-refractivity contribution in [2.75, 3.05) is 19.6 Å². The topological polar surface area (TPSA) is 20.3 Å². The summed E-state index contributed by atoms with van der Waals surface area (Å²) in [7, 11) is 0. The van der Waals surface area contributed by atoms with Crippen molar-refractivity contribution >= 4 is 17.4 Å². The Morgan fingerprint density at radius 1 is 1.04 bits per heavy atom. The number of benzene rings is 2. The highest BCUT2D eigenvalue weighted by Crippen LogP contribution is 2.45. The predicted octanol–water partition coefficient (Wildman–Crippen LogP) is 5.75. The quantitative estimate of drug-likeness (QED) is 0.594. The number of halogens is 1. The molecule has 0 radical (unpaired) electrons. The first-order chi connectivity index (χ1) is 13.1. The Balaban J connectivity index is 1.39. The van der Waals surface area contributed by atoms with E-state index in [4.69, 9.17) is 11.6 Å². The van der Waals surface area contributed by atoms with Crippen LogP contribution in [-0.2, 0) is 5.41 Å². The Morgan fingerprint density at radius 2 is 1.78 bits per heavy atom. The van der Waals surface area contributed by atoms with Crippen molar-refractivity contribution < 1.29 is 4.79 Å². The van der Waals surface area contributed by atoms with Gasteiger partial charge >= 0.3 is 0 Å². The zero-order valence-electron chi connectivity index (χ0n) is 15.9. The van der Waals surface area contributed by atoms with Crippen LogP contribution in [0.3, 0.4) is 0 Å². The maximum atomic E-state index is 12.6. The lowest BCUT2D eigenvalue weighted by molar-refractivity contribution is 0.0822. The number of nitrogens with zero attached hydrogens (tertiary/aromatic N) is 1. The fourth-order valence-electron chi connectivity index (χ4n) is 4.84. The normalized spacial score (nSPS) is 22.2. The molecule has 1 atom stereocenters. The molecule has 0 bridgehead atoms. The highest BCUT2D eigenvalue weighted by atomic mass is 35.5. The van der Waals surface area contributed by atoms with Gasteiger partial charge in [-0.1, -0.05) is 60.5 Å². The van der Waals surface area contributed by atoms with Gasteiger partial charge < -0.3 is 4.90 Å². The summed E-state index contributed by atoms with van der Waals surface area (Å²) in [6.45, 7) is 3.32. The van der Waals surface area contributed by atoms with Crippen LogP contribution in [0.15, 0.2) is 54.6 Å². The van der Waals surface area contributed by atoms with Crippen molar-refractivity contribution in [3.05, 3.63) is 70.7 Å². The van der Waals surface area contributed by atoms with E-state index in [9.17, 15) is 4.79 Å². The van der Waals surface area contributed by atoms with E-state index >= 15 is 0 Å². The van der Waals surface area contributed by atoms with Gasteiger partial charge in [-0.15, -0.1) is 0 Å². The molecule has 1 aliphatic carbocycles. The summed E-state index contributed by atoms with van der Waals surface area (Å²) in [5, 5.41) is 0.811. The maximum absolute atomic E-state index is 12.6. The van der Waals surface area contributed by atoms with Gasteiger partial charge in [0, 0.05) is 35.5 Å². The highest BCUT2D eigenvalue weighted by molar-refractivity contribution is 6.30. The van der Waals surface area contributed by atoms with Gasteiger partial charge in [0.05, 0.1) is 0 Å². The van der Waals surface area contributed by atoms with E-state index in [-0.39, 0.29) is 5.41 Å². The van der Waals surface area contributed by atoms with Crippen LogP contribution in [-0.4, -0.2) is 30.3 Å². The number of carbonyl (C=O) groups excluding carboxylic acids is 1. The SMILES string of the molecule is O=C(C[C@@H]1CCCN(CC2(c3ccc(Cl)cc3)CCC2)C1)c1ccccc1. The van der Waals surface area contributed by atoms with Crippen LogP contribution in [0.4, 0.5) is 0 Å². The second-order valence-electron chi connectivity index (χ2n) is 8.38. The Labute approximate surface area is 167 Å². The third-order valence-corrected chi connectivity index (χ3v) is 6.72. The minimum atomic E-state index is 0.288. The molecule has 0 N–H and O–H groups in total. The number of hydrogen-bond donors (Lipinski definition) is 0. The Kier molecular flexibility index (Phi) is 5.66. The monoisotopic (exact) mass is 381 g/mol. The Bertz CT molecular complexity index is 767. The van der Waals surface area contributed by atoms with Crippen molar-refractivity contribution in [2.45, 2.75) is 43.9 Å². The molecule has 142 valence electrons. The van der Waals surface area contributed by atoms with Crippen LogP contribution in [0.25, 0.3) is 0 Å². The molecular formula is C24H28ClNO. The minimum Gasteiger partial charge on any atom is -0.302 e. The van der Waals surface area contributed by atoms with E-state index in [0.29, 0.717) is 18.1 Å². The van der Waals surface area contributed by atoms with Gasteiger partial charge in [-0.25, -0.2) is 0 Å². The summed E-state index contributed by atoms with van der Waals surface area (Å²) in [6.07, 6.45) is 6.88.